The minimum atomic E-state index is -0.478. The second-order valence-corrected chi connectivity index (χ2v) is 19.2. The lowest BCUT2D eigenvalue weighted by Gasteiger charge is -2.31. The minimum absolute atomic E-state index is 0.113. The van der Waals surface area contributed by atoms with Gasteiger partial charge in [-0.15, -0.1) is 0 Å². The summed E-state index contributed by atoms with van der Waals surface area (Å²) in [6.45, 7) is 4.72. The molecule has 0 N–H and O–H groups in total. The SMILES string of the molecule is CC1(C)c2ccccc2-c2ccc(N(c3ccc(-c4ccccc4)cc3)c3ccc(-c4ccc5c(c4)c4c(n5-c5ccccc5)C5(c6ccccc6-c6ccccc65)c5ccccc5-4)cc3)cc21. The van der Waals surface area contributed by atoms with Gasteiger partial charge >= 0.3 is 0 Å². The second kappa shape index (κ2) is 14.5. The Morgan fingerprint density at radius 1 is 0.338 bits per heavy atom. The fourth-order valence-corrected chi connectivity index (χ4v) is 12.4. The van der Waals surface area contributed by atoms with Crippen LogP contribution in [0.1, 0.15) is 47.4 Å². The molecular formula is C66H46N2. The maximum absolute atomic E-state index is 2.56. The normalized spacial score (nSPS) is 14.0. The monoisotopic (exact) mass is 866 g/mol. The van der Waals surface area contributed by atoms with E-state index < -0.39 is 5.41 Å². The van der Waals surface area contributed by atoms with Crippen molar-refractivity contribution in [2.24, 2.45) is 0 Å². The number of hydrogen-bond acceptors (Lipinski definition) is 1. The zero-order valence-corrected chi connectivity index (χ0v) is 38.0. The Hall–Kier alpha value is -8.46. The molecule has 0 saturated carbocycles. The molecule has 0 radical (unpaired) electrons. The average molecular weight is 867 g/mol. The zero-order chi connectivity index (χ0) is 45.1. The van der Waals surface area contributed by atoms with Gasteiger partial charge < -0.3 is 9.47 Å². The molecule has 10 aromatic carbocycles. The van der Waals surface area contributed by atoms with Gasteiger partial charge in [0.1, 0.15) is 0 Å². The molecule has 0 bridgehead atoms. The standard InChI is InChI=1S/C66H46N2/c1-65(2)57-25-13-9-21-51(57)54-39-38-50(42-61(54)65)67(48-34-29-44(30-35-48)43-17-5-3-6-18-43)49-36-31-45(32-37-49)46-33-40-62-56(41-46)63-55-24-12-16-28-60(55)66(64(63)68(62)47-19-7-4-8-20-47)58-26-14-10-22-52(58)53-23-11-15-27-59(53)66/h3-42H,1-2H3. The topological polar surface area (TPSA) is 8.17 Å². The highest BCUT2D eigenvalue weighted by Crippen LogP contribution is 2.65. The molecule has 1 heterocycles. The number of benzene rings is 10. The quantitative estimate of drug-likeness (QED) is 0.162. The lowest BCUT2D eigenvalue weighted by atomic mass is 9.72. The van der Waals surface area contributed by atoms with Crippen LogP contribution in [0.25, 0.3) is 72.2 Å². The van der Waals surface area contributed by atoms with Crippen LogP contribution >= 0.6 is 0 Å². The number of nitrogens with zero attached hydrogens (tertiary/aromatic N) is 2. The van der Waals surface area contributed by atoms with E-state index in [0.29, 0.717) is 0 Å². The summed E-state index contributed by atoms with van der Waals surface area (Å²) in [4.78, 5) is 2.42. The molecule has 0 saturated heterocycles. The van der Waals surface area contributed by atoms with Gasteiger partial charge in [-0.05, 0) is 139 Å². The molecule has 2 nitrogen and oxygen atoms in total. The van der Waals surface area contributed by atoms with Crippen LogP contribution in [0.5, 0.6) is 0 Å². The molecule has 1 spiro atoms. The van der Waals surface area contributed by atoms with Crippen molar-refractivity contribution >= 4 is 28.0 Å². The largest absolute Gasteiger partial charge is 0.311 e. The molecule has 2 heteroatoms. The summed E-state index contributed by atoms with van der Waals surface area (Å²) in [5.41, 5.74) is 25.9. The van der Waals surface area contributed by atoms with Crippen LogP contribution in [0.2, 0.25) is 0 Å². The highest BCUT2D eigenvalue weighted by atomic mass is 15.1. The van der Waals surface area contributed by atoms with Crippen molar-refractivity contribution in [2.45, 2.75) is 24.7 Å². The Balaban J connectivity index is 0.931. The first-order valence-electron chi connectivity index (χ1n) is 23.8. The van der Waals surface area contributed by atoms with E-state index in [2.05, 4.69) is 266 Å². The lowest BCUT2D eigenvalue weighted by molar-refractivity contribution is 0.660. The molecule has 0 amide bonds. The lowest BCUT2D eigenvalue weighted by Crippen LogP contribution is -2.28. The number of hydrogen-bond donors (Lipinski definition) is 0. The fourth-order valence-electron chi connectivity index (χ4n) is 12.4. The number of fused-ring (bicyclic) bond motifs is 15. The van der Waals surface area contributed by atoms with E-state index in [1.807, 2.05) is 0 Å². The molecule has 3 aliphatic rings. The predicted octanol–water partition coefficient (Wildman–Crippen LogP) is 17.1. The third kappa shape index (κ3) is 5.34. The van der Waals surface area contributed by atoms with Crippen molar-refractivity contribution < 1.29 is 0 Å². The Morgan fingerprint density at radius 2 is 0.779 bits per heavy atom. The van der Waals surface area contributed by atoms with Gasteiger partial charge in [-0.25, -0.2) is 0 Å². The van der Waals surface area contributed by atoms with Gasteiger partial charge in [0.05, 0.1) is 16.6 Å². The van der Waals surface area contributed by atoms with Crippen molar-refractivity contribution in [1.82, 2.24) is 4.57 Å². The first-order chi connectivity index (χ1) is 33.5. The molecule has 0 fully saturated rings. The van der Waals surface area contributed by atoms with E-state index in [4.69, 9.17) is 0 Å². The first-order valence-corrected chi connectivity index (χ1v) is 23.8. The van der Waals surface area contributed by atoms with Crippen LogP contribution in [0, 0.1) is 0 Å². The van der Waals surface area contributed by atoms with Crippen molar-refractivity contribution in [2.75, 3.05) is 4.90 Å². The van der Waals surface area contributed by atoms with Gasteiger partial charge in [0, 0.05) is 39.1 Å². The van der Waals surface area contributed by atoms with E-state index in [0.717, 1.165) is 17.1 Å². The molecule has 0 atom stereocenters. The van der Waals surface area contributed by atoms with Crippen LogP contribution in [-0.2, 0) is 10.8 Å². The molecule has 11 aromatic rings. The zero-order valence-electron chi connectivity index (χ0n) is 38.0. The first kappa shape index (κ1) is 38.8. The minimum Gasteiger partial charge on any atom is -0.311 e. The second-order valence-electron chi connectivity index (χ2n) is 19.2. The average Bonchev–Trinajstić information content (AvgIpc) is 4.07. The Labute approximate surface area is 397 Å². The van der Waals surface area contributed by atoms with E-state index in [1.54, 1.807) is 0 Å². The van der Waals surface area contributed by atoms with Crippen LogP contribution in [0.15, 0.2) is 243 Å². The summed E-state index contributed by atoms with van der Waals surface area (Å²) < 4.78 is 2.56. The van der Waals surface area contributed by atoms with E-state index >= 15 is 0 Å². The summed E-state index contributed by atoms with van der Waals surface area (Å²) in [5, 5.41) is 1.26. The van der Waals surface area contributed by atoms with E-state index in [-0.39, 0.29) is 5.41 Å². The third-order valence-corrected chi connectivity index (χ3v) is 15.4. The summed E-state index contributed by atoms with van der Waals surface area (Å²) in [6.07, 6.45) is 0. The molecule has 68 heavy (non-hydrogen) atoms. The van der Waals surface area contributed by atoms with E-state index in [1.165, 1.54) is 106 Å². The van der Waals surface area contributed by atoms with Crippen LogP contribution < -0.4 is 4.90 Å². The Morgan fingerprint density at radius 3 is 1.40 bits per heavy atom. The summed E-state index contributed by atoms with van der Waals surface area (Å²) in [7, 11) is 0. The summed E-state index contributed by atoms with van der Waals surface area (Å²) >= 11 is 0. The van der Waals surface area contributed by atoms with Crippen molar-refractivity contribution in [3.8, 4) is 61.3 Å². The van der Waals surface area contributed by atoms with Gasteiger partial charge in [0.2, 0.25) is 0 Å². The summed E-state index contributed by atoms with van der Waals surface area (Å²) in [6, 6.07) is 90.3. The Kier molecular flexibility index (Phi) is 8.28. The fraction of sp³-hybridized carbons (Fsp3) is 0.0606. The smallest absolute Gasteiger partial charge is 0.0882 e. The molecule has 0 aliphatic heterocycles. The molecule has 1 aromatic heterocycles. The van der Waals surface area contributed by atoms with E-state index in [9.17, 15) is 0 Å². The number of aromatic nitrogens is 1. The summed E-state index contributed by atoms with van der Waals surface area (Å²) in [5.74, 6) is 0. The van der Waals surface area contributed by atoms with Gasteiger partial charge in [-0.2, -0.15) is 0 Å². The van der Waals surface area contributed by atoms with Crippen molar-refractivity contribution in [3.05, 3.63) is 276 Å². The molecule has 0 unspecified atom stereocenters. The predicted molar refractivity (Wildman–Crippen MR) is 283 cm³/mol. The number of anilines is 3. The maximum atomic E-state index is 2.56. The molecule has 320 valence electrons. The van der Waals surface area contributed by atoms with Crippen LogP contribution in [0.3, 0.4) is 0 Å². The van der Waals surface area contributed by atoms with Gasteiger partial charge in [-0.3, -0.25) is 0 Å². The van der Waals surface area contributed by atoms with Crippen LogP contribution in [0.4, 0.5) is 17.1 Å². The number of para-hydroxylation sites is 1. The van der Waals surface area contributed by atoms with Crippen molar-refractivity contribution in [3.63, 3.8) is 0 Å². The third-order valence-electron chi connectivity index (χ3n) is 15.4. The molecular weight excluding hydrogens is 821 g/mol. The van der Waals surface area contributed by atoms with Gasteiger partial charge in [0.15, 0.2) is 0 Å². The molecule has 3 aliphatic carbocycles. The number of rotatable bonds is 6. The highest BCUT2D eigenvalue weighted by molar-refractivity contribution is 6.08. The van der Waals surface area contributed by atoms with Crippen LogP contribution in [-0.4, -0.2) is 4.57 Å². The van der Waals surface area contributed by atoms with Gasteiger partial charge in [-0.1, -0.05) is 196 Å². The van der Waals surface area contributed by atoms with Gasteiger partial charge in [0.25, 0.3) is 0 Å². The van der Waals surface area contributed by atoms with Crippen molar-refractivity contribution in [1.29, 1.82) is 0 Å². The Bertz CT molecular complexity index is 3750. The highest BCUT2D eigenvalue weighted by Gasteiger charge is 2.54. The molecule has 14 rings (SSSR count). The maximum Gasteiger partial charge on any atom is 0.0882 e.